The summed E-state index contributed by atoms with van der Waals surface area (Å²) in [6.45, 7) is 2.12. The molecular weight excluding hydrogens is 241 g/mol. The van der Waals surface area contributed by atoms with Crippen LogP contribution in [0.3, 0.4) is 0 Å². The van der Waals surface area contributed by atoms with Crippen molar-refractivity contribution in [1.29, 1.82) is 0 Å². The number of aromatic nitrogens is 2. The lowest BCUT2D eigenvalue weighted by Gasteiger charge is -2.13. The number of halogens is 3. The summed E-state index contributed by atoms with van der Waals surface area (Å²) in [4.78, 5) is 3.86. The fraction of sp³-hybridized carbons (Fsp3) is 0.308. The van der Waals surface area contributed by atoms with E-state index in [2.05, 4.69) is 4.98 Å². The van der Waals surface area contributed by atoms with Crippen LogP contribution in [0.1, 0.15) is 23.6 Å². The monoisotopic (exact) mass is 254 g/mol. The van der Waals surface area contributed by atoms with Gasteiger partial charge in [0.1, 0.15) is 0 Å². The highest BCUT2D eigenvalue weighted by atomic mass is 19.4. The van der Waals surface area contributed by atoms with Gasteiger partial charge in [-0.2, -0.15) is 13.2 Å². The van der Waals surface area contributed by atoms with Crippen molar-refractivity contribution in [3.63, 3.8) is 0 Å². The van der Waals surface area contributed by atoms with E-state index in [1.807, 2.05) is 0 Å². The molecule has 2 rings (SSSR count). The normalized spacial score (nSPS) is 11.8. The van der Waals surface area contributed by atoms with Crippen LogP contribution in [-0.4, -0.2) is 9.55 Å². The van der Waals surface area contributed by atoms with Gasteiger partial charge >= 0.3 is 6.18 Å². The highest BCUT2D eigenvalue weighted by Crippen LogP contribution is 2.33. The Bertz CT molecular complexity index is 516. The zero-order valence-corrected chi connectivity index (χ0v) is 9.91. The number of hydrogen-bond donors (Lipinski definition) is 0. The smallest absolute Gasteiger partial charge is 0.333 e. The van der Waals surface area contributed by atoms with Crippen molar-refractivity contribution in [2.75, 3.05) is 0 Å². The van der Waals surface area contributed by atoms with Gasteiger partial charge in [0.15, 0.2) is 0 Å². The Balaban J connectivity index is 2.34. The third kappa shape index (κ3) is 2.72. The van der Waals surface area contributed by atoms with E-state index in [-0.39, 0.29) is 0 Å². The van der Waals surface area contributed by atoms with E-state index in [0.29, 0.717) is 24.1 Å². The summed E-state index contributed by atoms with van der Waals surface area (Å²) in [6, 6.07) is 4.50. The molecule has 0 amide bonds. The summed E-state index contributed by atoms with van der Waals surface area (Å²) in [5.74, 6) is 0. The SMILES string of the molecule is CCc1ccc(Cn2ccnc2)cc1C(F)(F)F. The maximum atomic E-state index is 12.9. The van der Waals surface area contributed by atoms with E-state index in [1.54, 1.807) is 42.3 Å². The van der Waals surface area contributed by atoms with E-state index in [0.717, 1.165) is 0 Å². The van der Waals surface area contributed by atoms with Gasteiger partial charge in [-0.3, -0.25) is 0 Å². The third-order valence-corrected chi connectivity index (χ3v) is 2.78. The molecule has 1 aromatic carbocycles. The van der Waals surface area contributed by atoms with Crippen LogP contribution in [0.15, 0.2) is 36.9 Å². The molecule has 2 nitrogen and oxygen atoms in total. The Morgan fingerprint density at radius 1 is 1.28 bits per heavy atom. The zero-order valence-electron chi connectivity index (χ0n) is 9.91. The summed E-state index contributed by atoms with van der Waals surface area (Å²) in [7, 11) is 0. The maximum absolute atomic E-state index is 12.9. The summed E-state index contributed by atoms with van der Waals surface area (Å²) in [6.07, 6.45) is 0.990. The van der Waals surface area contributed by atoms with Crippen LogP contribution >= 0.6 is 0 Å². The molecule has 0 aliphatic heterocycles. The predicted octanol–water partition coefficient (Wildman–Crippen LogP) is 3.51. The van der Waals surface area contributed by atoms with Crippen molar-refractivity contribution < 1.29 is 13.2 Å². The molecule has 1 heterocycles. The summed E-state index contributed by atoms with van der Waals surface area (Å²) in [5, 5.41) is 0. The summed E-state index contributed by atoms with van der Waals surface area (Å²) >= 11 is 0. The minimum Gasteiger partial charge on any atom is -0.333 e. The number of rotatable bonds is 3. The molecule has 96 valence electrons. The van der Waals surface area contributed by atoms with Crippen LogP contribution < -0.4 is 0 Å². The molecule has 0 N–H and O–H groups in total. The Hall–Kier alpha value is -1.78. The van der Waals surface area contributed by atoms with Crippen LogP contribution in [0.2, 0.25) is 0 Å². The first-order chi connectivity index (χ1) is 8.50. The molecule has 0 unspecified atom stereocenters. The molecular formula is C13H13F3N2. The fourth-order valence-corrected chi connectivity index (χ4v) is 1.89. The Morgan fingerprint density at radius 3 is 2.61 bits per heavy atom. The first-order valence-corrected chi connectivity index (χ1v) is 5.65. The minimum absolute atomic E-state index is 0.330. The van der Waals surface area contributed by atoms with E-state index in [4.69, 9.17) is 0 Å². The number of nitrogens with zero attached hydrogens (tertiary/aromatic N) is 2. The number of hydrogen-bond acceptors (Lipinski definition) is 1. The first-order valence-electron chi connectivity index (χ1n) is 5.65. The lowest BCUT2D eigenvalue weighted by molar-refractivity contribution is -0.138. The molecule has 0 spiro atoms. The van der Waals surface area contributed by atoms with Crippen LogP contribution in [0.4, 0.5) is 13.2 Å². The standard InChI is InChI=1S/C13H13F3N2/c1-2-11-4-3-10(7-12(11)13(14,15)16)8-18-6-5-17-9-18/h3-7,9H,2,8H2,1H3. The van der Waals surface area contributed by atoms with E-state index in [1.165, 1.54) is 6.07 Å². The third-order valence-electron chi connectivity index (χ3n) is 2.78. The maximum Gasteiger partial charge on any atom is 0.416 e. The molecule has 0 bridgehead atoms. The van der Waals surface area contributed by atoms with E-state index < -0.39 is 11.7 Å². The number of aryl methyl sites for hydroxylation is 1. The second-order valence-corrected chi connectivity index (χ2v) is 4.08. The molecule has 1 aromatic heterocycles. The topological polar surface area (TPSA) is 17.8 Å². The molecule has 0 aliphatic rings. The van der Waals surface area contributed by atoms with Crippen LogP contribution in [0.5, 0.6) is 0 Å². The quantitative estimate of drug-likeness (QED) is 0.819. The molecule has 0 radical (unpaired) electrons. The van der Waals surface area contributed by atoms with Gasteiger partial charge in [-0.25, -0.2) is 4.98 Å². The van der Waals surface area contributed by atoms with Crippen molar-refractivity contribution in [2.24, 2.45) is 0 Å². The fourth-order valence-electron chi connectivity index (χ4n) is 1.89. The molecule has 0 saturated heterocycles. The number of imidazole rings is 1. The van der Waals surface area contributed by atoms with Gasteiger partial charge in [0.05, 0.1) is 11.9 Å². The van der Waals surface area contributed by atoms with Gasteiger partial charge in [-0.05, 0) is 23.6 Å². The molecule has 0 atom stereocenters. The van der Waals surface area contributed by atoms with Crippen molar-refractivity contribution >= 4 is 0 Å². The second kappa shape index (κ2) is 4.84. The molecule has 5 heteroatoms. The molecule has 2 aromatic rings. The van der Waals surface area contributed by atoms with E-state index >= 15 is 0 Å². The second-order valence-electron chi connectivity index (χ2n) is 4.08. The van der Waals surface area contributed by atoms with Gasteiger partial charge in [-0.1, -0.05) is 19.1 Å². The van der Waals surface area contributed by atoms with Gasteiger partial charge in [-0.15, -0.1) is 0 Å². The van der Waals surface area contributed by atoms with Crippen molar-refractivity contribution in [3.8, 4) is 0 Å². The molecule has 18 heavy (non-hydrogen) atoms. The summed E-state index contributed by atoms with van der Waals surface area (Å²) < 4.78 is 40.4. The van der Waals surface area contributed by atoms with Crippen molar-refractivity contribution in [2.45, 2.75) is 26.1 Å². The van der Waals surface area contributed by atoms with Gasteiger partial charge in [0.25, 0.3) is 0 Å². The summed E-state index contributed by atoms with van der Waals surface area (Å²) in [5.41, 5.74) is 0.414. The first kappa shape index (κ1) is 12.7. The number of benzene rings is 1. The minimum atomic E-state index is -4.30. The lowest BCUT2D eigenvalue weighted by atomic mass is 10.0. The average Bonchev–Trinajstić information content (AvgIpc) is 2.80. The molecule has 0 saturated carbocycles. The number of alkyl halides is 3. The zero-order chi connectivity index (χ0) is 13.2. The lowest BCUT2D eigenvalue weighted by Crippen LogP contribution is -2.10. The Kier molecular flexibility index (Phi) is 3.41. The predicted molar refractivity (Wildman–Crippen MR) is 62.2 cm³/mol. The largest absolute Gasteiger partial charge is 0.416 e. The van der Waals surface area contributed by atoms with Crippen LogP contribution in [0, 0.1) is 0 Å². The van der Waals surface area contributed by atoms with Gasteiger partial charge < -0.3 is 4.57 Å². The molecule has 0 aliphatic carbocycles. The Morgan fingerprint density at radius 2 is 2.06 bits per heavy atom. The van der Waals surface area contributed by atoms with Crippen LogP contribution in [-0.2, 0) is 19.1 Å². The van der Waals surface area contributed by atoms with Crippen molar-refractivity contribution in [3.05, 3.63) is 53.6 Å². The van der Waals surface area contributed by atoms with Gasteiger partial charge in [0, 0.05) is 18.9 Å². The highest BCUT2D eigenvalue weighted by Gasteiger charge is 2.32. The van der Waals surface area contributed by atoms with Crippen molar-refractivity contribution in [1.82, 2.24) is 9.55 Å². The highest BCUT2D eigenvalue weighted by molar-refractivity contribution is 5.34. The van der Waals surface area contributed by atoms with Crippen LogP contribution in [0.25, 0.3) is 0 Å². The Labute approximate surface area is 103 Å². The average molecular weight is 254 g/mol. The van der Waals surface area contributed by atoms with Gasteiger partial charge in [0.2, 0.25) is 0 Å². The molecule has 0 fully saturated rings. The van der Waals surface area contributed by atoms with E-state index in [9.17, 15) is 13.2 Å².